The van der Waals surface area contributed by atoms with E-state index in [-0.39, 0.29) is 11.8 Å². The molecule has 0 unspecified atom stereocenters. The van der Waals surface area contributed by atoms with Crippen molar-refractivity contribution < 1.29 is 9.63 Å². The quantitative estimate of drug-likeness (QED) is 0.365. The second kappa shape index (κ2) is 8.31. The summed E-state index contributed by atoms with van der Waals surface area (Å²) in [7, 11) is 0. The van der Waals surface area contributed by atoms with E-state index in [2.05, 4.69) is 15.3 Å². The van der Waals surface area contributed by atoms with Gasteiger partial charge in [-0.15, -0.1) is 0 Å². The van der Waals surface area contributed by atoms with Gasteiger partial charge in [-0.2, -0.15) is 0 Å². The Morgan fingerprint density at radius 1 is 1.11 bits per heavy atom. The van der Waals surface area contributed by atoms with Crippen LogP contribution in [0.5, 0.6) is 0 Å². The molecule has 1 rings (SSSR count). The molecule has 0 aliphatic heterocycles. The number of oxime groups is 1. The highest BCUT2D eigenvalue weighted by Crippen LogP contribution is 2.18. The lowest BCUT2D eigenvalue weighted by molar-refractivity contribution is 0.143. The van der Waals surface area contributed by atoms with Crippen LogP contribution in [0.25, 0.3) is 0 Å². The van der Waals surface area contributed by atoms with Crippen molar-refractivity contribution in [3.8, 4) is 0 Å². The molecule has 1 aliphatic carbocycles. The molecule has 1 aliphatic rings. The van der Waals surface area contributed by atoms with Gasteiger partial charge in [-0.3, -0.25) is 4.84 Å². The van der Waals surface area contributed by atoms with Crippen molar-refractivity contribution in [1.82, 2.24) is 5.32 Å². The number of nitrogens with one attached hydrogen (secondary N) is 1. The average Bonchev–Trinajstić information content (AvgIpc) is 2.29. The third-order valence-corrected chi connectivity index (χ3v) is 3.50. The molecule has 1 N–H and O–H groups in total. The van der Waals surface area contributed by atoms with E-state index in [4.69, 9.17) is 46.4 Å². The second-order valence-corrected chi connectivity index (χ2v) is 6.17. The number of carbonyl (C=O) groups excluding carboxylic acids is 1. The molecule has 0 saturated heterocycles. The zero-order chi connectivity index (χ0) is 13.5. The van der Waals surface area contributed by atoms with Gasteiger partial charge in [-0.25, -0.2) is 4.79 Å². The van der Waals surface area contributed by atoms with Crippen LogP contribution in [0.15, 0.2) is 5.16 Å². The molecule has 0 aromatic carbocycles. The normalized spacial score (nSPS) is 16.8. The number of amides is 1. The van der Waals surface area contributed by atoms with Crippen molar-refractivity contribution in [3.63, 3.8) is 0 Å². The molecule has 0 heterocycles. The van der Waals surface area contributed by atoms with Crippen LogP contribution in [0.2, 0.25) is 0 Å². The largest absolute Gasteiger partial charge is 0.433 e. The summed E-state index contributed by atoms with van der Waals surface area (Å²) in [6, 6.07) is 0.135. The molecule has 0 atom stereocenters. The third kappa shape index (κ3) is 5.83. The fourth-order valence-electron chi connectivity index (χ4n) is 1.71. The van der Waals surface area contributed by atoms with Crippen molar-refractivity contribution in [3.05, 3.63) is 0 Å². The summed E-state index contributed by atoms with van der Waals surface area (Å²) >= 11 is 22.3. The van der Waals surface area contributed by atoms with Crippen molar-refractivity contribution in [2.75, 3.05) is 0 Å². The predicted octanol–water partition coefficient (Wildman–Crippen LogP) is 4.01. The van der Waals surface area contributed by atoms with Gasteiger partial charge in [0.25, 0.3) is 0 Å². The highest BCUT2D eigenvalue weighted by atomic mass is 35.5. The number of hydrogen-bond acceptors (Lipinski definition) is 3. The van der Waals surface area contributed by atoms with Gasteiger partial charge in [0, 0.05) is 6.04 Å². The maximum absolute atomic E-state index is 11.4. The Morgan fingerprint density at radius 3 is 2.17 bits per heavy atom. The minimum atomic E-state index is -1.02. The molecule has 104 valence electrons. The molecule has 0 bridgehead atoms. The predicted molar refractivity (Wildman–Crippen MR) is 74.9 cm³/mol. The second-order valence-electron chi connectivity index (χ2n) is 3.98. The van der Waals surface area contributed by atoms with Gasteiger partial charge in [-0.05, 0) is 12.8 Å². The lowest BCUT2D eigenvalue weighted by Gasteiger charge is -2.21. The van der Waals surface area contributed by atoms with Crippen LogP contribution < -0.4 is 5.32 Å². The summed E-state index contributed by atoms with van der Waals surface area (Å²) in [5, 5.41) is 6.18. The number of alkyl halides is 4. The fraction of sp³-hybridized carbons (Fsp3) is 0.800. The molecule has 0 spiro atoms. The van der Waals surface area contributed by atoms with Crippen molar-refractivity contribution in [2.24, 2.45) is 5.16 Å². The van der Waals surface area contributed by atoms with Gasteiger partial charge >= 0.3 is 6.09 Å². The Balaban J connectivity index is 2.41. The maximum atomic E-state index is 11.4. The van der Waals surface area contributed by atoms with E-state index < -0.39 is 15.8 Å². The first-order valence-corrected chi connectivity index (χ1v) is 7.37. The molecular formula is C10H14Cl4N2O2. The number of rotatable bonds is 4. The maximum Gasteiger partial charge on any atom is 0.433 e. The summed E-state index contributed by atoms with van der Waals surface area (Å²) in [4.78, 5) is 14.0. The van der Waals surface area contributed by atoms with E-state index in [0.29, 0.717) is 0 Å². The Hall–Kier alpha value is 0.1000. The topological polar surface area (TPSA) is 50.7 Å². The van der Waals surface area contributed by atoms with E-state index in [0.717, 1.165) is 25.7 Å². The van der Waals surface area contributed by atoms with Gasteiger partial charge in [-0.1, -0.05) is 70.8 Å². The van der Waals surface area contributed by atoms with E-state index >= 15 is 0 Å². The first-order chi connectivity index (χ1) is 8.50. The number of nitrogens with zero attached hydrogens (tertiary/aromatic N) is 1. The molecule has 8 heteroatoms. The summed E-state index contributed by atoms with van der Waals surface area (Å²) in [6.07, 6.45) is 4.67. The van der Waals surface area contributed by atoms with Gasteiger partial charge in [0.2, 0.25) is 0 Å². The van der Waals surface area contributed by atoms with Crippen LogP contribution in [0.1, 0.15) is 32.1 Å². The highest BCUT2D eigenvalue weighted by molar-refractivity contribution is 6.64. The van der Waals surface area contributed by atoms with Gasteiger partial charge in [0.05, 0.1) is 0 Å². The Labute approximate surface area is 126 Å². The van der Waals surface area contributed by atoms with Gasteiger partial charge < -0.3 is 5.32 Å². The molecule has 1 saturated carbocycles. The van der Waals surface area contributed by atoms with Crippen molar-refractivity contribution in [1.29, 1.82) is 0 Å². The van der Waals surface area contributed by atoms with E-state index in [9.17, 15) is 4.79 Å². The first-order valence-electron chi connectivity index (χ1n) is 5.62. The molecule has 0 aromatic rings. The summed E-state index contributed by atoms with van der Waals surface area (Å²) in [6.45, 7) is 0. The fourth-order valence-corrected chi connectivity index (χ4v) is 2.63. The Bertz CT molecular complexity index is 294. The van der Waals surface area contributed by atoms with Gasteiger partial charge in [0.1, 0.15) is 5.71 Å². The highest BCUT2D eigenvalue weighted by Gasteiger charge is 2.20. The lowest BCUT2D eigenvalue weighted by Crippen LogP contribution is -2.36. The van der Waals surface area contributed by atoms with E-state index in [1.54, 1.807) is 0 Å². The Morgan fingerprint density at radius 2 is 1.67 bits per heavy atom. The van der Waals surface area contributed by atoms with Crippen LogP contribution in [-0.2, 0) is 4.84 Å². The van der Waals surface area contributed by atoms with Crippen molar-refractivity contribution >= 4 is 58.2 Å². The molecule has 0 aromatic heterocycles. The Kier molecular flexibility index (Phi) is 7.46. The summed E-state index contributed by atoms with van der Waals surface area (Å²) in [5.74, 6) is 0. The zero-order valence-electron chi connectivity index (χ0n) is 9.54. The van der Waals surface area contributed by atoms with Crippen LogP contribution in [0.3, 0.4) is 0 Å². The molecule has 18 heavy (non-hydrogen) atoms. The molecule has 1 amide bonds. The standard InChI is InChI=1S/C10H14Cl4N2O2/c11-8(12)7(9(13)14)16-18-10(17)15-6-4-2-1-3-5-6/h6,8-9H,1-5H2,(H,15,17). The SMILES string of the molecule is O=C(NC1CCCCC1)ON=C(C(Cl)Cl)C(Cl)Cl. The number of carbonyl (C=O) groups is 1. The first kappa shape index (κ1) is 16.2. The lowest BCUT2D eigenvalue weighted by atomic mass is 9.96. The molecule has 0 radical (unpaired) electrons. The minimum Gasteiger partial charge on any atom is -0.317 e. The van der Waals surface area contributed by atoms with E-state index in [1.165, 1.54) is 6.42 Å². The van der Waals surface area contributed by atoms with Crippen molar-refractivity contribution in [2.45, 2.75) is 47.8 Å². The van der Waals surface area contributed by atoms with Crippen LogP contribution in [-0.4, -0.2) is 27.5 Å². The monoisotopic (exact) mass is 334 g/mol. The third-order valence-electron chi connectivity index (χ3n) is 2.61. The zero-order valence-corrected chi connectivity index (χ0v) is 12.6. The molecular weight excluding hydrogens is 322 g/mol. The molecule has 4 nitrogen and oxygen atoms in total. The minimum absolute atomic E-state index is 0.0135. The molecule has 1 fully saturated rings. The summed E-state index contributed by atoms with van der Waals surface area (Å²) in [5.41, 5.74) is -0.0135. The summed E-state index contributed by atoms with van der Waals surface area (Å²) < 4.78 is 0. The number of hydrogen-bond donors (Lipinski definition) is 1. The van der Waals surface area contributed by atoms with Gasteiger partial charge in [0.15, 0.2) is 9.67 Å². The number of halogens is 4. The van der Waals surface area contributed by atoms with Crippen LogP contribution in [0.4, 0.5) is 4.79 Å². The van der Waals surface area contributed by atoms with Crippen LogP contribution in [0, 0.1) is 0 Å². The smallest absolute Gasteiger partial charge is 0.317 e. The van der Waals surface area contributed by atoms with E-state index in [1.807, 2.05) is 0 Å². The van der Waals surface area contributed by atoms with Crippen LogP contribution >= 0.6 is 46.4 Å². The average molecular weight is 336 g/mol.